The van der Waals surface area contributed by atoms with E-state index in [0.29, 0.717) is 30.5 Å². The smallest absolute Gasteiger partial charge is 0.259 e. The highest BCUT2D eigenvalue weighted by Crippen LogP contribution is 2.40. The number of hydrogen-bond acceptors (Lipinski definition) is 5. The van der Waals surface area contributed by atoms with E-state index >= 15 is 0 Å². The summed E-state index contributed by atoms with van der Waals surface area (Å²) in [7, 11) is 0. The molecule has 0 spiro atoms. The van der Waals surface area contributed by atoms with Crippen LogP contribution in [0.2, 0.25) is 0 Å². The van der Waals surface area contributed by atoms with Crippen LogP contribution in [0.15, 0.2) is 48.7 Å². The quantitative estimate of drug-likeness (QED) is 0.526. The Bertz CT molecular complexity index is 1020. The fraction of sp³-hybridized carbons (Fsp3) is 0.333. The third-order valence-corrected chi connectivity index (χ3v) is 6.54. The van der Waals surface area contributed by atoms with E-state index in [1.165, 1.54) is 10.4 Å². The lowest BCUT2D eigenvalue weighted by Crippen LogP contribution is -2.18. The van der Waals surface area contributed by atoms with Gasteiger partial charge in [-0.05, 0) is 61.9 Å². The second kappa shape index (κ2) is 9.30. The van der Waals surface area contributed by atoms with Gasteiger partial charge in [-0.25, -0.2) is 0 Å². The van der Waals surface area contributed by atoms with Crippen molar-refractivity contribution in [1.82, 2.24) is 4.98 Å². The van der Waals surface area contributed by atoms with Crippen molar-refractivity contribution < 1.29 is 9.53 Å². The predicted octanol–water partition coefficient (Wildman–Crippen LogP) is 5.53. The first-order chi connectivity index (χ1) is 14.7. The zero-order valence-electron chi connectivity index (χ0n) is 17.4. The minimum atomic E-state index is -0.0854. The molecular formula is C24H27N3O2S. The number of aromatic nitrogens is 1. The number of carbonyl (C=O) groups is 1. The van der Waals surface area contributed by atoms with Crippen LogP contribution in [0.25, 0.3) is 0 Å². The van der Waals surface area contributed by atoms with Crippen molar-refractivity contribution in [2.75, 3.05) is 17.2 Å². The van der Waals surface area contributed by atoms with Crippen LogP contribution in [0.1, 0.15) is 46.8 Å². The van der Waals surface area contributed by atoms with E-state index in [2.05, 4.69) is 22.5 Å². The summed E-state index contributed by atoms with van der Waals surface area (Å²) in [5.74, 6) is 1.25. The molecule has 2 N–H and O–H groups in total. The van der Waals surface area contributed by atoms with Crippen LogP contribution in [-0.2, 0) is 19.4 Å². The summed E-state index contributed by atoms with van der Waals surface area (Å²) in [5.41, 5.74) is 3.60. The molecule has 4 rings (SSSR count). The number of ether oxygens (including phenoxy) is 1. The average Bonchev–Trinajstić information content (AvgIpc) is 3.12. The highest BCUT2D eigenvalue weighted by Gasteiger charge is 2.28. The van der Waals surface area contributed by atoms with Crippen molar-refractivity contribution in [2.24, 2.45) is 5.92 Å². The number of rotatable bonds is 7. The lowest BCUT2D eigenvalue weighted by Gasteiger charge is -2.19. The van der Waals surface area contributed by atoms with E-state index in [9.17, 15) is 4.79 Å². The van der Waals surface area contributed by atoms with Crippen molar-refractivity contribution in [3.63, 3.8) is 0 Å². The summed E-state index contributed by atoms with van der Waals surface area (Å²) in [6, 6.07) is 13.4. The molecule has 1 unspecified atom stereocenters. The van der Waals surface area contributed by atoms with Gasteiger partial charge in [0.15, 0.2) is 0 Å². The molecular weight excluding hydrogens is 394 g/mol. The lowest BCUT2D eigenvalue weighted by molar-refractivity contribution is 0.102. The molecule has 156 valence electrons. The molecule has 2 aromatic heterocycles. The third kappa shape index (κ3) is 4.49. The van der Waals surface area contributed by atoms with Gasteiger partial charge in [0.25, 0.3) is 5.91 Å². The molecule has 1 aliphatic rings. The van der Waals surface area contributed by atoms with Crippen LogP contribution in [-0.4, -0.2) is 17.5 Å². The summed E-state index contributed by atoms with van der Waals surface area (Å²) in [5, 5.41) is 7.48. The first kappa shape index (κ1) is 20.4. The van der Waals surface area contributed by atoms with E-state index < -0.39 is 0 Å². The molecule has 30 heavy (non-hydrogen) atoms. The van der Waals surface area contributed by atoms with Gasteiger partial charge in [-0.1, -0.05) is 25.1 Å². The summed E-state index contributed by atoms with van der Waals surface area (Å²) < 4.78 is 5.68. The van der Waals surface area contributed by atoms with E-state index in [-0.39, 0.29) is 5.91 Å². The number of carbonyl (C=O) groups excluding carboxylic acids is 1. The maximum Gasteiger partial charge on any atom is 0.259 e. The molecule has 0 bridgehead atoms. The van der Waals surface area contributed by atoms with Gasteiger partial charge in [0, 0.05) is 11.1 Å². The molecule has 0 saturated carbocycles. The van der Waals surface area contributed by atoms with Crippen LogP contribution in [0.5, 0.6) is 5.75 Å². The monoisotopic (exact) mass is 421 g/mol. The number of anilines is 2. The third-order valence-electron chi connectivity index (χ3n) is 5.33. The Morgan fingerprint density at radius 1 is 1.23 bits per heavy atom. The zero-order valence-corrected chi connectivity index (χ0v) is 18.2. The number of nitrogens with one attached hydrogen (secondary N) is 2. The lowest BCUT2D eigenvalue weighted by atomic mass is 9.88. The van der Waals surface area contributed by atoms with Gasteiger partial charge >= 0.3 is 0 Å². The molecule has 1 atom stereocenters. The molecule has 1 amide bonds. The van der Waals surface area contributed by atoms with Gasteiger partial charge in [-0.3, -0.25) is 9.78 Å². The molecule has 2 heterocycles. The number of benzene rings is 1. The van der Waals surface area contributed by atoms with Gasteiger partial charge < -0.3 is 15.4 Å². The molecule has 1 aromatic carbocycles. The summed E-state index contributed by atoms with van der Waals surface area (Å²) in [6.45, 7) is 5.36. The number of nitrogens with zero attached hydrogens (tertiary/aromatic N) is 1. The van der Waals surface area contributed by atoms with Gasteiger partial charge in [0.1, 0.15) is 10.8 Å². The fourth-order valence-electron chi connectivity index (χ4n) is 3.83. The van der Waals surface area contributed by atoms with Crippen molar-refractivity contribution >= 4 is 27.9 Å². The molecule has 0 fully saturated rings. The average molecular weight is 422 g/mol. The number of para-hydroxylation sites is 2. The molecule has 5 nitrogen and oxygen atoms in total. The number of fused-ring (bicyclic) bond motifs is 1. The van der Waals surface area contributed by atoms with E-state index in [0.717, 1.165) is 35.5 Å². The molecule has 3 aromatic rings. The van der Waals surface area contributed by atoms with Gasteiger partial charge in [-0.15, -0.1) is 11.3 Å². The molecule has 0 radical (unpaired) electrons. The maximum absolute atomic E-state index is 13.4. The summed E-state index contributed by atoms with van der Waals surface area (Å²) in [4.78, 5) is 19.1. The van der Waals surface area contributed by atoms with Gasteiger partial charge in [0.2, 0.25) is 0 Å². The normalized spacial score (nSPS) is 15.3. The van der Waals surface area contributed by atoms with Crippen molar-refractivity contribution in [2.45, 2.75) is 39.7 Å². The molecule has 1 aliphatic carbocycles. The van der Waals surface area contributed by atoms with Crippen molar-refractivity contribution in [1.29, 1.82) is 0 Å². The predicted molar refractivity (Wildman–Crippen MR) is 123 cm³/mol. The standard InChI is InChI=1S/C24H27N3O2S/c1-3-29-20-10-5-4-9-19(20)27-23(28)22-18-12-11-16(2)14-21(18)30-24(22)26-15-17-8-6-7-13-25-17/h4-10,13,16,26H,3,11-12,14-15H2,1-2H3,(H,27,28). The highest BCUT2D eigenvalue weighted by atomic mass is 32.1. The van der Waals surface area contributed by atoms with Crippen LogP contribution < -0.4 is 15.4 Å². The van der Waals surface area contributed by atoms with Crippen LogP contribution >= 0.6 is 11.3 Å². The highest BCUT2D eigenvalue weighted by molar-refractivity contribution is 7.16. The Morgan fingerprint density at radius 2 is 2.07 bits per heavy atom. The first-order valence-electron chi connectivity index (χ1n) is 10.5. The van der Waals surface area contributed by atoms with Gasteiger partial charge in [0.05, 0.1) is 30.1 Å². The molecule has 6 heteroatoms. The number of thiophene rings is 1. The Morgan fingerprint density at radius 3 is 2.87 bits per heavy atom. The van der Waals surface area contributed by atoms with E-state index in [1.807, 2.05) is 49.4 Å². The Balaban J connectivity index is 1.63. The minimum Gasteiger partial charge on any atom is -0.492 e. The van der Waals surface area contributed by atoms with Crippen molar-refractivity contribution in [3.05, 3.63) is 70.4 Å². The first-order valence-corrected chi connectivity index (χ1v) is 11.3. The minimum absolute atomic E-state index is 0.0854. The maximum atomic E-state index is 13.4. The zero-order chi connectivity index (χ0) is 20.9. The topological polar surface area (TPSA) is 63.2 Å². The Hall–Kier alpha value is -2.86. The summed E-state index contributed by atoms with van der Waals surface area (Å²) in [6.07, 6.45) is 4.87. The number of hydrogen-bond donors (Lipinski definition) is 2. The second-order valence-electron chi connectivity index (χ2n) is 7.61. The Labute approximate surface area is 181 Å². The largest absolute Gasteiger partial charge is 0.492 e. The van der Waals surface area contributed by atoms with Crippen LogP contribution in [0, 0.1) is 5.92 Å². The Kier molecular flexibility index (Phi) is 6.33. The second-order valence-corrected chi connectivity index (χ2v) is 8.72. The van der Waals surface area contributed by atoms with Gasteiger partial charge in [-0.2, -0.15) is 0 Å². The van der Waals surface area contributed by atoms with E-state index in [1.54, 1.807) is 17.5 Å². The summed E-state index contributed by atoms with van der Waals surface area (Å²) >= 11 is 1.71. The number of pyridine rings is 1. The van der Waals surface area contributed by atoms with Crippen molar-refractivity contribution in [3.8, 4) is 5.75 Å². The fourth-order valence-corrected chi connectivity index (χ4v) is 5.23. The SMILES string of the molecule is CCOc1ccccc1NC(=O)c1c(NCc2ccccn2)sc2c1CCC(C)C2. The van der Waals surface area contributed by atoms with Crippen LogP contribution in [0.3, 0.4) is 0 Å². The van der Waals surface area contributed by atoms with E-state index in [4.69, 9.17) is 4.74 Å². The molecule has 0 saturated heterocycles. The molecule has 0 aliphatic heterocycles. The van der Waals surface area contributed by atoms with Crippen LogP contribution in [0.4, 0.5) is 10.7 Å². The number of amides is 1.